The summed E-state index contributed by atoms with van der Waals surface area (Å²) in [4.78, 5) is 7.19. The van der Waals surface area contributed by atoms with Gasteiger partial charge in [0, 0.05) is 18.5 Å². The summed E-state index contributed by atoms with van der Waals surface area (Å²) >= 11 is 1.74. The predicted molar refractivity (Wildman–Crippen MR) is 73.4 cm³/mol. The number of hydrogen-bond donors (Lipinski definition) is 1. The molecule has 2 N–H and O–H groups in total. The summed E-state index contributed by atoms with van der Waals surface area (Å²) in [6.07, 6.45) is 2.07. The third-order valence-corrected chi connectivity index (χ3v) is 4.82. The van der Waals surface area contributed by atoms with Gasteiger partial charge in [-0.15, -0.1) is 11.3 Å². The number of likely N-dealkylation sites (tertiary alicyclic amines) is 1. The first kappa shape index (κ1) is 13.0. The molecule has 0 radical (unpaired) electrons. The highest BCUT2D eigenvalue weighted by Gasteiger charge is 2.34. The van der Waals surface area contributed by atoms with E-state index in [2.05, 4.69) is 31.1 Å². The molecule has 1 aromatic heterocycles. The van der Waals surface area contributed by atoms with Crippen LogP contribution in [0.2, 0.25) is 0 Å². The number of nitrogens with zero attached hydrogens (tertiary/aromatic N) is 2. The fourth-order valence-electron chi connectivity index (χ4n) is 2.26. The summed E-state index contributed by atoms with van der Waals surface area (Å²) in [6, 6.07) is 0. The number of piperidine rings is 1. The lowest BCUT2D eigenvalue weighted by molar-refractivity contribution is 0.168. The molecule has 1 saturated heterocycles. The number of nitrogens with two attached hydrogens (primary N) is 1. The molecule has 0 saturated carbocycles. The highest BCUT2D eigenvalue weighted by atomic mass is 32.1. The van der Waals surface area contributed by atoms with E-state index in [1.807, 2.05) is 0 Å². The molecule has 0 amide bonds. The molecule has 0 bridgehead atoms. The van der Waals surface area contributed by atoms with Crippen molar-refractivity contribution in [3.8, 4) is 0 Å². The van der Waals surface area contributed by atoms with Gasteiger partial charge in [-0.1, -0.05) is 20.8 Å². The van der Waals surface area contributed by atoms with Gasteiger partial charge in [-0.3, -0.25) is 0 Å². The van der Waals surface area contributed by atoms with Gasteiger partial charge in [0.2, 0.25) is 0 Å². The SMILES string of the molecule is CCN1CCC(N)(c2nc(C(C)C)cs2)CC1. The van der Waals surface area contributed by atoms with Crippen LogP contribution >= 0.6 is 11.3 Å². The van der Waals surface area contributed by atoms with Gasteiger partial charge >= 0.3 is 0 Å². The zero-order valence-corrected chi connectivity index (χ0v) is 11.9. The van der Waals surface area contributed by atoms with Crippen LogP contribution in [-0.4, -0.2) is 29.5 Å². The van der Waals surface area contributed by atoms with Crippen LogP contribution in [0.25, 0.3) is 0 Å². The largest absolute Gasteiger partial charge is 0.319 e. The Morgan fingerprint density at radius 3 is 2.59 bits per heavy atom. The molecule has 1 aromatic rings. The molecule has 3 nitrogen and oxygen atoms in total. The van der Waals surface area contributed by atoms with Gasteiger partial charge < -0.3 is 10.6 Å². The van der Waals surface area contributed by atoms with Crippen LogP contribution in [0.1, 0.15) is 50.2 Å². The van der Waals surface area contributed by atoms with Gasteiger partial charge in [0.05, 0.1) is 11.2 Å². The van der Waals surface area contributed by atoms with E-state index >= 15 is 0 Å². The molecule has 2 heterocycles. The lowest BCUT2D eigenvalue weighted by atomic mass is 9.89. The van der Waals surface area contributed by atoms with Gasteiger partial charge in [-0.25, -0.2) is 4.98 Å². The third kappa shape index (κ3) is 2.69. The second-order valence-electron chi connectivity index (χ2n) is 5.32. The highest BCUT2D eigenvalue weighted by Crippen LogP contribution is 2.33. The van der Waals surface area contributed by atoms with E-state index in [0.29, 0.717) is 5.92 Å². The molecule has 1 aliphatic heterocycles. The minimum absolute atomic E-state index is 0.177. The average molecular weight is 253 g/mol. The van der Waals surface area contributed by atoms with Crippen molar-refractivity contribution in [1.82, 2.24) is 9.88 Å². The zero-order chi connectivity index (χ0) is 12.5. The highest BCUT2D eigenvalue weighted by molar-refractivity contribution is 7.09. The van der Waals surface area contributed by atoms with E-state index in [1.165, 1.54) is 5.69 Å². The zero-order valence-electron chi connectivity index (χ0n) is 11.1. The van der Waals surface area contributed by atoms with Crippen LogP contribution in [0.4, 0.5) is 0 Å². The molecule has 1 fully saturated rings. The second kappa shape index (κ2) is 5.04. The summed E-state index contributed by atoms with van der Waals surface area (Å²) in [5.41, 5.74) is 7.54. The van der Waals surface area contributed by atoms with Crippen LogP contribution in [-0.2, 0) is 5.54 Å². The normalized spacial score (nSPS) is 21.0. The van der Waals surface area contributed by atoms with Crippen molar-refractivity contribution >= 4 is 11.3 Å². The summed E-state index contributed by atoms with van der Waals surface area (Å²) in [5, 5.41) is 3.30. The summed E-state index contributed by atoms with van der Waals surface area (Å²) in [7, 11) is 0. The molecule has 0 unspecified atom stereocenters. The van der Waals surface area contributed by atoms with Crippen molar-refractivity contribution in [2.45, 2.75) is 45.1 Å². The van der Waals surface area contributed by atoms with Crippen molar-refractivity contribution in [2.75, 3.05) is 19.6 Å². The van der Waals surface area contributed by atoms with Crippen molar-refractivity contribution in [2.24, 2.45) is 5.73 Å². The van der Waals surface area contributed by atoms with Crippen LogP contribution in [0, 0.1) is 0 Å². The third-order valence-electron chi connectivity index (χ3n) is 3.73. The molecule has 2 rings (SSSR count). The van der Waals surface area contributed by atoms with Gasteiger partial charge in [-0.05, 0) is 25.3 Å². The second-order valence-corrected chi connectivity index (χ2v) is 6.18. The summed E-state index contributed by atoms with van der Waals surface area (Å²) in [6.45, 7) is 9.91. The number of aromatic nitrogens is 1. The minimum atomic E-state index is -0.177. The summed E-state index contributed by atoms with van der Waals surface area (Å²) < 4.78 is 0. The van der Waals surface area contributed by atoms with Gasteiger partial charge in [0.1, 0.15) is 5.01 Å². The topological polar surface area (TPSA) is 42.1 Å². The van der Waals surface area contributed by atoms with Crippen LogP contribution in [0.15, 0.2) is 5.38 Å². The minimum Gasteiger partial charge on any atom is -0.319 e. The van der Waals surface area contributed by atoms with E-state index in [0.717, 1.165) is 37.5 Å². The number of thiazole rings is 1. The molecule has 1 aliphatic rings. The fraction of sp³-hybridized carbons (Fsp3) is 0.769. The number of hydrogen-bond acceptors (Lipinski definition) is 4. The number of rotatable bonds is 3. The summed E-state index contributed by atoms with van der Waals surface area (Å²) in [5.74, 6) is 0.499. The van der Waals surface area contributed by atoms with Crippen molar-refractivity contribution in [3.63, 3.8) is 0 Å². The Hall–Kier alpha value is -0.450. The Morgan fingerprint density at radius 1 is 1.47 bits per heavy atom. The fourth-order valence-corrected chi connectivity index (χ4v) is 3.42. The molecule has 0 aliphatic carbocycles. The smallest absolute Gasteiger partial charge is 0.113 e. The van der Waals surface area contributed by atoms with E-state index in [-0.39, 0.29) is 5.54 Å². The van der Waals surface area contributed by atoms with Crippen molar-refractivity contribution < 1.29 is 0 Å². The van der Waals surface area contributed by atoms with Crippen LogP contribution < -0.4 is 5.73 Å². The Balaban J connectivity index is 2.10. The Kier molecular flexibility index (Phi) is 3.85. The quantitative estimate of drug-likeness (QED) is 0.900. The predicted octanol–water partition coefficient (Wildman–Crippen LogP) is 2.54. The Morgan fingerprint density at radius 2 is 2.12 bits per heavy atom. The van der Waals surface area contributed by atoms with E-state index in [9.17, 15) is 0 Å². The van der Waals surface area contributed by atoms with Gasteiger partial charge in [0.15, 0.2) is 0 Å². The first-order valence-electron chi connectivity index (χ1n) is 6.52. The van der Waals surface area contributed by atoms with E-state index < -0.39 is 0 Å². The maximum absolute atomic E-state index is 6.53. The lowest BCUT2D eigenvalue weighted by Gasteiger charge is -2.37. The molecule has 4 heteroatoms. The van der Waals surface area contributed by atoms with Gasteiger partial charge in [-0.2, -0.15) is 0 Å². The Bertz CT molecular complexity index is 364. The average Bonchev–Trinajstić information content (AvgIpc) is 2.80. The molecule has 0 spiro atoms. The maximum atomic E-state index is 6.53. The van der Waals surface area contributed by atoms with Crippen molar-refractivity contribution in [1.29, 1.82) is 0 Å². The van der Waals surface area contributed by atoms with Crippen molar-refractivity contribution in [3.05, 3.63) is 16.1 Å². The first-order chi connectivity index (χ1) is 8.05. The molecule has 96 valence electrons. The van der Waals surface area contributed by atoms with E-state index in [4.69, 9.17) is 10.7 Å². The monoisotopic (exact) mass is 253 g/mol. The van der Waals surface area contributed by atoms with E-state index in [1.54, 1.807) is 11.3 Å². The lowest BCUT2D eigenvalue weighted by Crippen LogP contribution is -2.48. The van der Waals surface area contributed by atoms with Crippen LogP contribution in [0.3, 0.4) is 0 Å². The maximum Gasteiger partial charge on any atom is 0.113 e. The van der Waals surface area contributed by atoms with Gasteiger partial charge in [0.25, 0.3) is 0 Å². The Labute approximate surface area is 108 Å². The molecule has 17 heavy (non-hydrogen) atoms. The van der Waals surface area contributed by atoms with Crippen LogP contribution in [0.5, 0.6) is 0 Å². The molecular formula is C13H23N3S. The first-order valence-corrected chi connectivity index (χ1v) is 7.40. The molecule has 0 aromatic carbocycles. The standard InChI is InChI=1S/C13H23N3S/c1-4-16-7-5-13(14,6-8-16)12-15-11(9-17-12)10(2)3/h9-10H,4-8,14H2,1-3H3. The molecular weight excluding hydrogens is 230 g/mol. The molecule has 0 atom stereocenters.